The van der Waals surface area contributed by atoms with Crippen molar-refractivity contribution in [1.82, 2.24) is 25.5 Å². The maximum Gasteiger partial charge on any atom is 0.214 e. The topological polar surface area (TPSA) is 79.0 Å². The van der Waals surface area contributed by atoms with Crippen molar-refractivity contribution in [3.8, 4) is 17.1 Å². The smallest absolute Gasteiger partial charge is 0.214 e. The number of H-pyrrole nitrogens is 1. The summed E-state index contributed by atoms with van der Waals surface area (Å²) >= 11 is 0. The second-order valence-corrected chi connectivity index (χ2v) is 7.76. The van der Waals surface area contributed by atoms with Crippen LogP contribution in [-0.2, 0) is 0 Å². The number of anilines is 1. The van der Waals surface area contributed by atoms with Crippen LogP contribution in [0.4, 0.5) is 5.82 Å². The number of aromatic nitrogens is 4. The summed E-state index contributed by atoms with van der Waals surface area (Å²) in [6.07, 6.45) is 2.17. The molecule has 1 saturated carbocycles. The molecule has 0 bridgehead atoms. The largest absolute Gasteiger partial charge is 0.471 e. The van der Waals surface area contributed by atoms with Gasteiger partial charge < -0.3 is 15.0 Å². The lowest BCUT2D eigenvalue weighted by molar-refractivity contribution is 0.192. The van der Waals surface area contributed by atoms with Crippen molar-refractivity contribution in [2.75, 3.05) is 31.1 Å². The van der Waals surface area contributed by atoms with Gasteiger partial charge in [-0.1, -0.05) is 0 Å². The summed E-state index contributed by atoms with van der Waals surface area (Å²) in [4.78, 5) is 11.8. The van der Waals surface area contributed by atoms with Gasteiger partial charge in [0, 0.05) is 43.5 Å². The van der Waals surface area contributed by atoms with Crippen LogP contribution >= 0.6 is 0 Å². The molecule has 7 heteroatoms. The fourth-order valence-electron chi connectivity index (χ4n) is 3.51. The summed E-state index contributed by atoms with van der Waals surface area (Å²) in [5.74, 6) is 1.67. The molecule has 0 amide bonds. The predicted octanol–water partition coefficient (Wildman–Crippen LogP) is 2.67. The average molecular weight is 364 g/mol. The first kappa shape index (κ1) is 16.5. The normalized spacial score (nSPS) is 18.7. The van der Waals surface area contributed by atoms with E-state index in [1.807, 2.05) is 19.1 Å². The van der Waals surface area contributed by atoms with Gasteiger partial charge >= 0.3 is 0 Å². The zero-order valence-corrected chi connectivity index (χ0v) is 15.7. The Morgan fingerprint density at radius 1 is 1.11 bits per heavy atom. The standard InChI is InChI=1S/C20H24N6O/c1-13-11-14(12-16(22-13)26-9-7-21-8-10-26)18-19-15(24-25-18)3-4-17(23-19)27-20(2)5-6-20/h3-4,11-12,21H,5-10H2,1-2H3,(H,24,25). The lowest BCUT2D eigenvalue weighted by Crippen LogP contribution is -2.43. The number of nitrogens with one attached hydrogen (secondary N) is 2. The van der Waals surface area contributed by atoms with Crippen molar-refractivity contribution in [1.29, 1.82) is 0 Å². The van der Waals surface area contributed by atoms with Crippen LogP contribution in [0.3, 0.4) is 0 Å². The Morgan fingerprint density at radius 3 is 2.70 bits per heavy atom. The fraction of sp³-hybridized carbons (Fsp3) is 0.450. The van der Waals surface area contributed by atoms with Crippen molar-refractivity contribution < 1.29 is 4.74 Å². The van der Waals surface area contributed by atoms with E-state index in [1.165, 1.54) is 0 Å². The highest BCUT2D eigenvalue weighted by molar-refractivity contribution is 5.90. The third-order valence-electron chi connectivity index (χ3n) is 5.34. The van der Waals surface area contributed by atoms with E-state index in [4.69, 9.17) is 14.7 Å². The highest BCUT2D eigenvalue weighted by Crippen LogP contribution is 2.39. The van der Waals surface area contributed by atoms with Gasteiger partial charge in [-0.25, -0.2) is 9.97 Å². The van der Waals surface area contributed by atoms with Crippen LogP contribution in [0.1, 0.15) is 25.5 Å². The minimum absolute atomic E-state index is 0.0483. The lowest BCUT2D eigenvalue weighted by atomic mass is 10.1. The third-order valence-corrected chi connectivity index (χ3v) is 5.34. The van der Waals surface area contributed by atoms with Crippen molar-refractivity contribution in [3.63, 3.8) is 0 Å². The summed E-state index contributed by atoms with van der Waals surface area (Å²) in [7, 11) is 0. The van der Waals surface area contributed by atoms with Crippen LogP contribution in [0, 0.1) is 6.92 Å². The number of aryl methyl sites for hydroxylation is 1. The molecule has 2 N–H and O–H groups in total. The second-order valence-electron chi connectivity index (χ2n) is 7.76. The molecule has 3 aromatic rings. The summed E-state index contributed by atoms with van der Waals surface area (Å²) in [6.45, 7) is 8.05. The summed E-state index contributed by atoms with van der Waals surface area (Å²) < 4.78 is 6.04. The maximum absolute atomic E-state index is 6.04. The van der Waals surface area contributed by atoms with Crippen LogP contribution in [0.2, 0.25) is 0 Å². The van der Waals surface area contributed by atoms with Crippen LogP contribution in [0.25, 0.3) is 22.3 Å². The van der Waals surface area contributed by atoms with Crippen LogP contribution < -0.4 is 15.0 Å². The number of hydrogen-bond acceptors (Lipinski definition) is 6. The molecular weight excluding hydrogens is 340 g/mol. The zero-order chi connectivity index (χ0) is 18.4. The molecule has 0 unspecified atom stereocenters. The van der Waals surface area contributed by atoms with Crippen molar-refractivity contribution >= 4 is 16.9 Å². The highest BCUT2D eigenvalue weighted by Gasteiger charge is 2.40. The molecule has 5 rings (SSSR count). The number of nitrogens with zero attached hydrogens (tertiary/aromatic N) is 4. The zero-order valence-electron chi connectivity index (χ0n) is 15.7. The van der Waals surface area contributed by atoms with Crippen LogP contribution in [0.5, 0.6) is 5.88 Å². The monoisotopic (exact) mass is 364 g/mol. The van der Waals surface area contributed by atoms with Gasteiger partial charge in [0.15, 0.2) is 0 Å². The molecule has 0 spiro atoms. The van der Waals surface area contributed by atoms with Gasteiger partial charge in [-0.3, -0.25) is 5.10 Å². The Balaban J connectivity index is 1.54. The Kier molecular flexibility index (Phi) is 3.79. The molecule has 27 heavy (non-hydrogen) atoms. The minimum atomic E-state index is -0.0483. The van der Waals surface area contributed by atoms with Crippen LogP contribution in [-0.4, -0.2) is 51.9 Å². The van der Waals surface area contributed by atoms with E-state index >= 15 is 0 Å². The first-order valence-corrected chi connectivity index (χ1v) is 9.59. The molecule has 0 atom stereocenters. The van der Waals surface area contributed by atoms with Crippen molar-refractivity contribution in [3.05, 3.63) is 30.0 Å². The molecule has 140 valence electrons. The van der Waals surface area contributed by atoms with Gasteiger partial charge in [0.25, 0.3) is 0 Å². The molecule has 1 aliphatic heterocycles. The Bertz CT molecular complexity index is 987. The SMILES string of the molecule is Cc1cc(-c2n[nH]c3ccc(OC4(C)CC4)nc23)cc(N2CCNCC2)n1. The number of aromatic amines is 1. The van der Waals surface area contributed by atoms with Gasteiger partial charge in [0.05, 0.1) is 5.52 Å². The number of piperazine rings is 1. The van der Waals surface area contributed by atoms with Crippen molar-refractivity contribution in [2.24, 2.45) is 0 Å². The summed E-state index contributed by atoms with van der Waals surface area (Å²) in [6, 6.07) is 8.09. The number of fused-ring (bicyclic) bond motifs is 1. The van der Waals surface area contributed by atoms with E-state index in [0.29, 0.717) is 5.88 Å². The molecule has 2 aliphatic rings. The quantitative estimate of drug-likeness (QED) is 0.741. The lowest BCUT2D eigenvalue weighted by Gasteiger charge is -2.28. The van der Waals surface area contributed by atoms with E-state index in [-0.39, 0.29) is 5.60 Å². The van der Waals surface area contributed by atoms with Gasteiger partial charge in [-0.05, 0) is 44.9 Å². The molecular formula is C20H24N6O. The van der Waals surface area contributed by atoms with E-state index in [2.05, 4.69) is 39.5 Å². The van der Waals surface area contributed by atoms with Crippen LogP contribution in [0.15, 0.2) is 24.3 Å². The maximum atomic E-state index is 6.04. The van der Waals surface area contributed by atoms with E-state index in [0.717, 1.165) is 72.8 Å². The van der Waals surface area contributed by atoms with Gasteiger partial charge in [-0.15, -0.1) is 0 Å². The highest BCUT2D eigenvalue weighted by atomic mass is 16.5. The molecule has 0 aromatic carbocycles. The molecule has 1 saturated heterocycles. The molecule has 4 heterocycles. The second kappa shape index (κ2) is 6.20. The Morgan fingerprint density at radius 2 is 1.93 bits per heavy atom. The number of rotatable bonds is 4. The number of hydrogen-bond donors (Lipinski definition) is 2. The van der Waals surface area contributed by atoms with Gasteiger partial charge in [-0.2, -0.15) is 5.10 Å². The molecule has 2 fully saturated rings. The summed E-state index contributed by atoms with van der Waals surface area (Å²) in [5, 5.41) is 11.0. The van der Waals surface area contributed by atoms with E-state index in [1.54, 1.807) is 0 Å². The fourth-order valence-corrected chi connectivity index (χ4v) is 3.51. The Hall–Kier alpha value is -2.67. The van der Waals surface area contributed by atoms with Gasteiger partial charge in [0.1, 0.15) is 22.6 Å². The van der Waals surface area contributed by atoms with E-state index < -0.39 is 0 Å². The molecule has 7 nitrogen and oxygen atoms in total. The third kappa shape index (κ3) is 3.23. The molecule has 1 aliphatic carbocycles. The summed E-state index contributed by atoms with van der Waals surface area (Å²) in [5.41, 5.74) is 4.57. The Labute approximate surface area is 158 Å². The number of pyridine rings is 2. The van der Waals surface area contributed by atoms with E-state index in [9.17, 15) is 0 Å². The predicted molar refractivity (Wildman–Crippen MR) is 105 cm³/mol. The van der Waals surface area contributed by atoms with Gasteiger partial charge in [0.2, 0.25) is 5.88 Å². The molecule has 0 radical (unpaired) electrons. The number of ether oxygens (including phenoxy) is 1. The first-order chi connectivity index (χ1) is 13.1. The average Bonchev–Trinajstić information content (AvgIpc) is 3.25. The minimum Gasteiger partial charge on any atom is -0.471 e. The van der Waals surface area contributed by atoms with Crippen molar-refractivity contribution in [2.45, 2.75) is 32.3 Å². The molecule has 3 aromatic heterocycles. The first-order valence-electron chi connectivity index (χ1n) is 9.59.